The highest BCUT2D eigenvalue weighted by atomic mass is 32.1. The van der Waals surface area contributed by atoms with Gasteiger partial charge in [0.1, 0.15) is 0 Å². The van der Waals surface area contributed by atoms with Gasteiger partial charge in [-0.15, -0.1) is 0 Å². The smallest absolute Gasteiger partial charge is 0.0672 e. The first-order valence-electron chi connectivity index (χ1n) is 1.22. The first-order chi connectivity index (χ1) is 2.41. The molecule has 0 unspecified atom stereocenters. The maximum atomic E-state index is 7.72. The molecule has 0 saturated carbocycles. The van der Waals surface area contributed by atoms with E-state index in [9.17, 15) is 0 Å². The largest absolute Gasteiger partial charge is 0.198 e. The van der Waals surface area contributed by atoms with E-state index in [4.69, 9.17) is 5.26 Å². The fourth-order valence-corrected chi connectivity index (χ4v) is 0.112. The molecule has 1 nitrogen and oxygen atoms in total. The summed E-state index contributed by atoms with van der Waals surface area (Å²) in [6, 6.07) is 1.86. The van der Waals surface area contributed by atoms with Crippen LogP contribution >= 0.6 is 12.2 Å². The average Bonchev–Trinajstić information content (AvgIpc) is 1.41. The van der Waals surface area contributed by atoms with Gasteiger partial charge in [-0.25, -0.2) is 0 Å². The number of thiocarbonyl (C=S) groups is 1. The van der Waals surface area contributed by atoms with E-state index in [0.29, 0.717) is 6.42 Å². The van der Waals surface area contributed by atoms with Gasteiger partial charge >= 0.3 is 0 Å². The van der Waals surface area contributed by atoms with Crippen LogP contribution in [0.15, 0.2) is 0 Å². The molecule has 0 aliphatic rings. The van der Waals surface area contributed by atoms with Crippen LogP contribution in [-0.4, -0.2) is 5.37 Å². The summed E-state index contributed by atoms with van der Waals surface area (Å²) < 4.78 is 0. The molecule has 0 amide bonds. The molecule has 0 heterocycles. The van der Waals surface area contributed by atoms with Crippen LogP contribution in [-0.2, 0) is 0 Å². The van der Waals surface area contributed by atoms with Crippen molar-refractivity contribution in [2.24, 2.45) is 0 Å². The zero-order chi connectivity index (χ0) is 4.12. The molecule has 0 bridgehead atoms. The number of hydrogen-bond acceptors (Lipinski definition) is 2. The lowest BCUT2D eigenvalue weighted by molar-refractivity contribution is 1.44. The molecule has 0 spiro atoms. The minimum Gasteiger partial charge on any atom is -0.198 e. The Morgan fingerprint density at radius 2 is 2.60 bits per heavy atom. The van der Waals surface area contributed by atoms with Gasteiger partial charge in [-0.05, 0) is 5.37 Å². The summed E-state index contributed by atoms with van der Waals surface area (Å²) in [4.78, 5) is 0. The summed E-state index contributed by atoms with van der Waals surface area (Å²) in [5.74, 6) is 0. The number of rotatable bonds is 1. The third-order valence-electron chi connectivity index (χ3n) is 0.175. The predicted molar refractivity (Wildman–Crippen MR) is 23.9 cm³/mol. The Hall–Kier alpha value is -0.420. The highest BCUT2D eigenvalue weighted by molar-refractivity contribution is 7.79. The van der Waals surface area contributed by atoms with Gasteiger partial charge in [0.05, 0.1) is 12.5 Å². The minimum absolute atomic E-state index is 0.384. The summed E-state index contributed by atoms with van der Waals surface area (Å²) in [7, 11) is 0. The summed E-state index contributed by atoms with van der Waals surface area (Å²) in [6.45, 7) is 0. The molecule has 0 atom stereocenters. The van der Waals surface area contributed by atoms with Gasteiger partial charge in [0.15, 0.2) is 0 Å². The Bertz CT molecular complexity index is 61.8. The number of nitriles is 1. The second-order valence-corrected chi connectivity index (χ2v) is 0.862. The third-order valence-corrected chi connectivity index (χ3v) is 0.341. The SMILES string of the molecule is N#CCC=S. The van der Waals surface area contributed by atoms with Crippen LogP contribution in [0.2, 0.25) is 0 Å². The van der Waals surface area contributed by atoms with Crippen molar-refractivity contribution in [1.82, 2.24) is 0 Å². The van der Waals surface area contributed by atoms with Crippen molar-refractivity contribution in [3.8, 4) is 6.07 Å². The second-order valence-electron chi connectivity index (χ2n) is 0.529. The zero-order valence-electron chi connectivity index (χ0n) is 2.64. The Labute approximate surface area is 36.2 Å². The zero-order valence-corrected chi connectivity index (χ0v) is 3.46. The van der Waals surface area contributed by atoms with Crippen molar-refractivity contribution in [2.75, 3.05) is 0 Å². The Morgan fingerprint density at radius 1 is 2.00 bits per heavy atom. The maximum absolute atomic E-state index is 7.72. The van der Waals surface area contributed by atoms with Gasteiger partial charge < -0.3 is 0 Å². The van der Waals surface area contributed by atoms with Crippen molar-refractivity contribution < 1.29 is 0 Å². The first-order valence-corrected chi connectivity index (χ1v) is 1.69. The van der Waals surface area contributed by atoms with Crippen LogP contribution < -0.4 is 0 Å². The Morgan fingerprint density at radius 3 is 2.60 bits per heavy atom. The fourth-order valence-electron chi connectivity index (χ4n) is 0.0373. The normalized spacial score (nSPS) is 5.40. The molecule has 0 aromatic heterocycles. The van der Waals surface area contributed by atoms with Crippen LogP contribution in [0.3, 0.4) is 0 Å². The molecular weight excluding hydrogens is 82.1 g/mol. The van der Waals surface area contributed by atoms with Crippen molar-refractivity contribution in [2.45, 2.75) is 6.42 Å². The topological polar surface area (TPSA) is 23.8 Å². The minimum atomic E-state index is 0.384. The fraction of sp³-hybridized carbons (Fsp3) is 0.333. The van der Waals surface area contributed by atoms with E-state index >= 15 is 0 Å². The van der Waals surface area contributed by atoms with E-state index < -0.39 is 0 Å². The van der Waals surface area contributed by atoms with Crippen molar-refractivity contribution in [1.29, 1.82) is 5.26 Å². The van der Waals surface area contributed by atoms with E-state index in [2.05, 4.69) is 12.2 Å². The van der Waals surface area contributed by atoms with Crippen molar-refractivity contribution in [3.05, 3.63) is 0 Å². The van der Waals surface area contributed by atoms with Crippen molar-refractivity contribution in [3.63, 3.8) is 0 Å². The van der Waals surface area contributed by atoms with Crippen LogP contribution in [0.5, 0.6) is 0 Å². The van der Waals surface area contributed by atoms with Gasteiger partial charge in [0.25, 0.3) is 0 Å². The summed E-state index contributed by atoms with van der Waals surface area (Å²) >= 11 is 4.30. The molecular formula is C3H3NS. The van der Waals surface area contributed by atoms with Crippen LogP contribution in [0.4, 0.5) is 0 Å². The molecule has 26 valence electrons. The molecule has 0 saturated heterocycles. The van der Waals surface area contributed by atoms with Crippen LogP contribution in [0.1, 0.15) is 6.42 Å². The molecule has 0 aliphatic carbocycles. The lowest BCUT2D eigenvalue weighted by atomic mass is 10.6. The van der Waals surface area contributed by atoms with E-state index in [1.54, 1.807) is 0 Å². The van der Waals surface area contributed by atoms with E-state index in [1.165, 1.54) is 5.37 Å². The summed E-state index contributed by atoms with van der Waals surface area (Å²) in [5, 5.41) is 9.12. The quantitative estimate of drug-likeness (QED) is 0.442. The molecule has 5 heavy (non-hydrogen) atoms. The molecule has 0 aromatic rings. The second kappa shape index (κ2) is 3.58. The van der Waals surface area contributed by atoms with Crippen LogP contribution in [0.25, 0.3) is 0 Å². The maximum Gasteiger partial charge on any atom is 0.0672 e. The number of nitrogens with zero attached hydrogens (tertiary/aromatic N) is 1. The lowest BCUT2D eigenvalue weighted by Gasteiger charge is -1.53. The van der Waals surface area contributed by atoms with E-state index in [0.717, 1.165) is 0 Å². The van der Waals surface area contributed by atoms with Gasteiger partial charge in [0.2, 0.25) is 0 Å². The highest BCUT2D eigenvalue weighted by Crippen LogP contribution is 1.60. The van der Waals surface area contributed by atoms with Crippen molar-refractivity contribution >= 4 is 17.6 Å². The average molecular weight is 85.1 g/mol. The Balaban J connectivity index is 2.75. The van der Waals surface area contributed by atoms with Crippen LogP contribution in [0, 0.1) is 11.3 Å². The predicted octanol–water partition coefficient (Wildman–Crippen LogP) is 0.900. The van der Waals surface area contributed by atoms with Gasteiger partial charge in [-0.1, -0.05) is 12.2 Å². The number of hydrogen-bond donors (Lipinski definition) is 0. The molecule has 0 N–H and O–H groups in total. The summed E-state index contributed by atoms with van der Waals surface area (Å²) in [5.41, 5.74) is 0. The molecule has 0 fully saturated rings. The molecule has 0 rings (SSSR count). The molecule has 2 heteroatoms. The standard InChI is InChI=1S/C3H3NS/c4-2-1-3-5/h3H,1H2. The molecule has 0 aliphatic heterocycles. The molecule has 0 aromatic carbocycles. The van der Waals surface area contributed by atoms with Gasteiger partial charge in [-0.2, -0.15) is 5.26 Å². The summed E-state index contributed by atoms with van der Waals surface area (Å²) in [6.07, 6.45) is 0.384. The Kier molecular flexibility index (Phi) is 3.28. The van der Waals surface area contributed by atoms with Gasteiger partial charge in [0, 0.05) is 0 Å². The van der Waals surface area contributed by atoms with Gasteiger partial charge in [-0.3, -0.25) is 0 Å². The van der Waals surface area contributed by atoms with E-state index in [1.807, 2.05) is 6.07 Å². The van der Waals surface area contributed by atoms with E-state index in [-0.39, 0.29) is 0 Å². The first kappa shape index (κ1) is 4.58. The third kappa shape index (κ3) is 3.58. The molecule has 0 radical (unpaired) electrons. The highest BCUT2D eigenvalue weighted by Gasteiger charge is 1.59. The monoisotopic (exact) mass is 85.0 g/mol. The lowest BCUT2D eigenvalue weighted by Crippen LogP contribution is -1.55.